The van der Waals surface area contributed by atoms with Crippen LogP contribution in [-0.4, -0.2) is 16.8 Å². The smallest absolute Gasteiger partial charge is 0.258 e. The van der Waals surface area contributed by atoms with Crippen LogP contribution in [0.25, 0.3) is 0 Å². The molecule has 4 rings (SSSR count). The van der Waals surface area contributed by atoms with E-state index in [1.165, 1.54) is 22.9 Å². The molecule has 3 aromatic rings. The third-order valence-electron chi connectivity index (χ3n) is 5.07. The quantitative estimate of drug-likeness (QED) is 0.559. The van der Waals surface area contributed by atoms with Crippen molar-refractivity contribution >= 4 is 35.0 Å². The lowest BCUT2D eigenvalue weighted by Gasteiger charge is -2.11. The first-order valence-electron chi connectivity index (χ1n) is 9.92. The Labute approximate surface area is 180 Å². The summed E-state index contributed by atoms with van der Waals surface area (Å²) in [5, 5.41) is 6.47. The first-order valence-corrected chi connectivity index (χ1v) is 10.7. The molecule has 5 nitrogen and oxygen atoms in total. The molecule has 1 aliphatic rings. The molecule has 2 N–H and O–H groups in total. The summed E-state index contributed by atoms with van der Waals surface area (Å²) in [5.41, 5.74) is 4.35. The Morgan fingerprint density at radius 3 is 2.30 bits per heavy atom. The van der Waals surface area contributed by atoms with Crippen LogP contribution in [0.2, 0.25) is 0 Å². The Morgan fingerprint density at radius 1 is 0.933 bits per heavy atom. The highest BCUT2D eigenvalue weighted by Gasteiger charge is 2.29. The summed E-state index contributed by atoms with van der Waals surface area (Å²) in [6, 6.07) is 16.9. The number of aromatic nitrogens is 1. The van der Waals surface area contributed by atoms with Crippen LogP contribution in [0, 0.1) is 19.8 Å². The molecule has 0 aliphatic heterocycles. The summed E-state index contributed by atoms with van der Waals surface area (Å²) >= 11 is 1.47. The van der Waals surface area contributed by atoms with Crippen LogP contribution in [0.4, 0.5) is 11.4 Å². The summed E-state index contributed by atoms with van der Waals surface area (Å²) < 4.78 is 0. The van der Waals surface area contributed by atoms with Gasteiger partial charge >= 0.3 is 0 Å². The van der Waals surface area contributed by atoms with Gasteiger partial charge in [-0.3, -0.25) is 9.59 Å². The van der Waals surface area contributed by atoms with E-state index in [-0.39, 0.29) is 17.7 Å². The van der Waals surface area contributed by atoms with Gasteiger partial charge in [0.1, 0.15) is 5.03 Å². The summed E-state index contributed by atoms with van der Waals surface area (Å²) in [6.45, 7) is 4.15. The van der Waals surface area contributed by atoms with Crippen molar-refractivity contribution in [2.45, 2.75) is 36.6 Å². The number of benzene rings is 2. The third-order valence-corrected chi connectivity index (χ3v) is 6.08. The van der Waals surface area contributed by atoms with Gasteiger partial charge in [-0.1, -0.05) is 17.8 Å². The average Bonchev–Trinajstić information content (AvgIpc) is 3.58. The number of hydrogen-bond acceptors (Lipinski definition) is 4. The molecule has 30 heavy (non-hydrogen) atoms. The minimum absolute atomic E-state index is 0.0650. The molecule has 1 aromatic heterocycles. The van der Waals surface area contributed by atoms with Gasteiger partial charge in [0.15, 0.2) is 0 Å². The van der Waals surface area contributed by atoms with E-state index in [0.29, 0.717) is 16.3 Å². The Kier molecular flexibility index (Phi) is 5.86. The van der Waals surface area contributed by atoms with Gasteiger partial charge in [-0.25, -0.2) is 4.98 Å². The fraction of sp³-hybridized carbons (Fsp3) is 0.208. The second-order valence-corrected chi connectivity index (χ2v) is 8.56. The van der Waals surface area contributed by atoms with Crippen molar-refractivity contribution in [2.24, 2.45) is 5.92 Å². The number of carbonyl (C=O) groups is 2. The van der Waals surface area contributed by atoms with Crippen molar-refractivity contribution < 1.29 is 9.59 Å². The van der Waals surface area contributed by atoms with Gasteiger partial charge < -0.3 is 10.6 Å². The largest absolute Gasteiger partial charge is 0.326 e. The highest BCUT2D eigenvalue weighted by atomic mass is 32.2. The van der Waals surface area contributed by atoms with Gasteiger partial charge in [0.2, 0.25) is 5.91 Å². The zero-order valence-corrected chi connectivity index (χ0v) is 17.8. The second kappa shape index (κ2) is 8.71. The number of hydrogen-bond donors (Lipinski definition) is 2. The SMILES string of the molecule is Cc1ccc(Sc2ncccc2C(=O)Nc2ccc(NC(=O)C3CC3)cc2)cc1C. The van der Waals surface area contributed by atoms with Crippen molar-refractivity contribution in [2.75, 3.05) is 10.6 Å². The summed E-state index contributed by atoms with van der Waals surface area (Å²) in [4.78, 5) is 30.2. The number of nitrogens with one attached hydrogen (secondary N) is 2. The van der Waals surface area contributed by atoms with E-state index < -0.39 is 0 Å². The lowest BCUT2D eigenvalue weighted by molar-refractivity contribution is -0.117. The van der Waals surface area contributed by atoms with Crippen molar-refractivity contribution in [1.82, 2.24) is 4.98 Å². The Bertz CT molecular complexity index is 1090. The fourth-order valence-corrected chi connectivity index (χ4v) is 3.94. The van der Waals surface area contributed by atoms with E-state index in [1.54, 1.807) is 42.6 Å². The molecular formula is C24H23N3O2S. The van der Waals surface area contributed by atoms with Crippen LogP contribution in [-0.2, 0) is 4.79 Å². The van der Waals surface area contributed by atoms with Crippen molar-refractivity contribution in [3.63, 3.8) is 0 Å². The molecule has 152 valence electrons. The second-order valence-electron chi connectivity index (χ2n) is 7.50. The molecule has 1 aliphatic carbocycles. The molecule has 6 heteroatoms. The lowest BCUT2D eigenvalue weighted by Crippen LogP contribution is -2.14. The van der Waals surface area contributed by atoms with Crippen LogP contribution in [0.5, 0.6) is 0 Å². The normalized spacial score (nSPS) is 13.0. The van der Waals surface area contributed by atoms with Crippen LogP contribution in [0.1, 0.15) is 34.3 Å². The maximum atomic E-state index is 12.9. The molecule has 1 saturated carbocycles. The monoisotopic (exact) mass is 417 g/mol. The van der Waals surface area contributed by atoms with E-state index >= 15 is 0 Å². The minimum atomic E-state index is -0.218. The molecular weight excluding hydrogens is 394 g/mol. The topological polar surface area (TPSA) is 71.1 Å². The zero-order valence-electron chi connectivity index (χ0n) is 16.9. The highest BCUT2D eigenvalue weighted by Crippen LogP contribution is 2.31. The number of nitrogens with zero attached hydrogens (tertiary/aromatic N) is 1. The predicted octanol–water partition coefficient (Wildman–Crippen LogP) is 5.45. The van der Waals surface area contributed by atoms with E-state index in [2.05, 4.69) is 41.6 Å². The number of anilines is 2. The van der Waals surface area contributed by atoms with E-state index in [4.69, 9.17) is 0 Å². The molecule has 0 spiro atoms. The molecule has 2 aromatic carbocycles. The van der Waals surface area contributed by atoms with Crippen LogP contribution < -0.4 is 10.6 Å². The lowest BCUT2D eigenvalue weighted by atomic mass is 10.1. The molecule has 0 unspecified atom stereocenters. The van der Waals surface area contributed by atoms with Gasteiger partial charge in [-0.2, -0.15) is 0 Å². The summed E-state index contributed by atoms with van der Waals surface area (Å²) in [7, 11) is 0. The molecule has 2 amide bonds. The molecule has 0 atom stereocenters. The van der Waals surface area contributed by atoms with Gasteiger partial charge in [0, 0.05) is 28.4 Å². The van der Waals surface area contributed by atoms with Gasteiger partial charge in [-0.05, 0) is 86.3 Å². The molecule has 1 fully saturated rings. The first kappa shape index (κ1) is 20.2. The predicted molar refractivity (Wildman–Crippen MR) is 120 cm³/mol. The zero-order chi connectivity index (χ0) is 21.1. The average molecular weight is 418 g/mol. The number of amides is 2. The van der Waals surface area contributed by atoms with Crippen molar-refractivity contribution in [3.8, 4) is 0 Å². The minimum Gasteiger partial charge on any atom is -0.326 e. The Balaban J connectivity index is 1.45. The summed E-state index contributed by atoms with van der Waals surface area (Å²) in [6.07, 6.45) is 3.62. The molecule has 0 radical (unpaired) electrons. The maximum absolute atomic E-state index is 12.9. The van der Waals surface area contributed by atoms with Crippen molar-refractivity contribution in [1.29, 1.82) is 0 Å². The van der Waals surface area contributed by atoms with Gasteiger partial charge in [-0.15, -0.1) is 0 Å². The fourth-order valence-electron chi connectivity index (χ4n) is 2.96. The van der Waals surface area contributed by atoms with Gasteiger partial charge in [0.25, 0.3) is 5.91 Å². The Morgan fingerprint density at radius 2 is 1.63 bits per heavy atom. The maximum Gasteiger partial charge on any atom is 0.258 e. The molecule has 0 saturated heterocycles. The molecule has 0 bridgehead atoms. The Hall–Kier alpha value is -3.12. The van der Waals surface area contributed by atoms with Crippen molar-refractivity contribution in [3.05, 3.63) is 77.5 Å². The molecule has 1 heterocycles. The van der Waals surface area contributed by atoms with E-state index in [1.807, 2.05) is 6.07 Å². The van der Waals surface area contributed by atoms with Crippen LogP contribution in [0.15, 0.2) is 70.7 Å². The standard InChI is InChI=1S/C24H23N3O2S/c1-15-5-12-20(14-16(15)2)30-24-21(4-3-13-25-24)23(29)27-19-10-8-18(9-11-19)26-22(28)17-6-7-17/h3-5,8-14,17H,6-7H2,1-2H3,(H,26,28)(H,27,29). The van der Waals surface area contributed by atoms with Crippen LogP contribution >= 0.6 is 11.8 Å². The first-order chi connectivity index (χ1) is 14.5. The number of aryl methyl sites for hydroxylation is 2. The number of carbonyl (C=O) groups excluding carboxylic acids is 2. The highest BCUT2D eigenvalue weighted by molar-refractivity contribution is 7.99. The van der Waals surface area contributed by atoms with E-state index in [9.17, 15) is 9.59 Å². The summed E-state index contributed by atoms with van der Waals surface area (Å²) in [5.74, 6) is 0.00236. The van der Waals surface area contributed by atoms with E-state index in [0.717, 1.165) is 23.4 Å². The number of pyridine rings is 1. The number of rotatable bonds is 6. The van der Waals surface area contributed by atoms with Gasteiger partial charge in [0.05, 0.1) is 5.56 Å². The van der Waals surface area contributed by atoms with Crippen LogP contribution in [0.3, 0.4) is 0 Å². The third kappa shape index (κ3) is 4.89.